The molecule has 1 aromatic rings. The Morgan fingerprint density at radius 2 is 2.23 bits per heavy atom. The van der Waals surface area contributed by atoms with Gasteiger partial charge in [0.15, 0.2) is 0 Å². The minimum absolute atomic E-state index is 0.314. The fourth-order valence-corrected chi connectivity index (χ4v) is 3.56. The topological polar surface area (TPSA) is 48.9 Å². The second kappa shape index (κ2) is 7.25. The summed E-state index contributed by atoms with van der Waals surface area (Å²) in [5.41, 5.74) is -0.478. The Bertz CT molecular complexity index is 517. The zero-order chi connectivity index (χ0) is 16.3. The third kappa shape index (κ3) is 5.19. The van der Waals surface area contributed by atoms with Gasteiger partial charge in [-0.1, -0.05) is 0 Å². The molecule has 0 bridgehead atoms. The molecule has 124 valence electrons. The summed E-state index contributed by atoms with van der Waals surface area (Å²) in [7, 11) is 1.76. The van der Waals surface area contributed by atoms with Crippen LogP contribution in [0.1, 0.15) is 32.2 Å². The van der Waals surface area contributed by atoms with Crippen molar-refractivity contribution in [2.75, 3.05) is 26.8 Å². The maximum absolute atomic E-state index is 12.2. The number of ether oxygens (including phenoxy) is 1. The maximum atomic E-state index is 12.2. The third-order valence-corrected chi connectivity index (χ3v) is 4.68. The van der Waals surface area contributed by atoms with E-state index in [1.165, 1.54) is 0 Å². The average molecular weight is 391 g/mol. The molecule has 0 saturated carbocycles. The molecular formula is C14H23BrN4O2S. The summed E-state index contributed by atoms with van der Waals surface area (Å²) in [5.74, 6) is 0. The Kier molecular flexibility index (Phi) is 5.81. The van der Waals surface area contributed by atoms with Crippen molar-refractivity contribution in [1.29, 1.82) is 0 Å². The van der Waals surface area contributed by atoms with Gasteiger partial charge in [-0.15, -0.1) is 11.3 Å². The molecule has 0 radical (unpaired) electrons. The predicted octanol–water partition coefficient (Wildman–Crippen LogP) is 3.15. The Balaban J connectivity index is 1.90. The molecule has 1 fully saturated rings. The molecule has 1 saturated heterocycles. The molecule has 0 unspecified atom stereocenters. The van der Waals surface area contributed by atoms with Crippen LogP contribution in [0.25, 0.3) is 0 Å². The molecule has 1 amide bonds. The molecular weight excluding hydrogens is 368 g/mol. The highest BCUT2D eigenvalue weighted by Crippen LogP contribution is 2.21. The van der Waals surface area contributed by atoms with Crippen LogP contribution in [0.4, 0.5) is 4.79 Å². The third-order valence-electron chi connectivity index (χ3n) is 3.22. The maximum Gasteiger partial charge on any atom is 0.424 e. The lowest BCUT2D eigenvalue weighted by Gasteiger charge is -2.40. The van der Waals surface area contributed by atoms with E-state index in [0.717, 1.165) is 34.8 Å². The molecule has 0 N–H and O–H groups in total. The lowest BCUT2D eigenvalue weighted by atomic mass is 10.2. The van der Waals surface area contributed by atoms with Gasteiger partial charge < -0.3 is 4.74 Å². The van der Waals surface area contributed by atoms with Crippen LogP contribution >= 0.6 is 27.3 Å². The lowest BCUT2D eigenvalue weighted by molar-refractivity contribution is -0.0782. The van der Waals surface area contributed by atoms with Gasteiger partial charge in [0.2, 0.25) is 0 Å². The zero-order valence-corrected chi connectivity index (χ0v) is 15.9. The number of hydrazine groups is 1. The summed E-state index contributed by atoms with van der Waals surface area (Å²) in [4.78, 5) is 18.8. The molecule has 8 heteroatoms. The molecule has 0 aromatic carbocycles. The monoisotopic (exact) mass is 390 g/mol. The van der Waals surface area contributed by atoms with Gasteiger partial charge in [-0.25, -0.2) is 19.8 Å². The lowest BCUT2D eigenvalue weighted by Crippen LogP contribution is -2.54. The highest BCUT2D eigenvalue weighted by atomic mass is 79.9. The van der Waals surface area contributed by atoms with Gasteiger partial charge in [0.1, 0.15) is 10.6 Å². The van der Waals surface area contributed by atoms with Crippen LogP contribution in [0.3, 0.4) is 0 Å². The number of hydrogen-bond acceptors (Lipinski definition) is 6. The van der Waals surface area contributed by atoms with Crippen molar-refractivity contribution in [3.63, 3.8) is 0 Å². The number of hydrogen-bond donors (Lipinski definition) is 0. The van der Waals surface area contributed by atoms with Gasteiger partial charge in [0.25, 0.3) is 0 Å². The normalized spacial score (nSPS) is 17.5. The molecule has 6 nitrogen and oxygen atoms in total. The summed E-state index contributed by atoms with van der Waals surface area (Å²) in [6.45, 7) is 9.00. The Hall–Kier alpha value is -0.700. The number of nitrogens with zero attached hydrogens (tertiary/aromatic N) is 4. The summed E-state index contributed by atoms with van der Waals surface area (Å²) >= 11 is 5.08. The molecule has 2 heterocycles. The number of halogens is 1. The van der Waals surface area contributed by atoms with Crippen molar-refractivity contribution in [2.24, 2.45) is 0 Å². The molecule has 0 atom stereocenters. The summed E-state index contributed by atoms with van der Waals surface area (Å²) in [6, 6.07) is 0. The number of carbonyl (C=O) groups is 1. The zero-order valence-electron chi connectivity index (χ0n) is 13.5. The van der Waals surface area contributed by atoms with Gasteiger partial charge >= 0.3 is 6.09 Å². The molecule has 0 spiro atoms. The number of rotatable bonds is 3. The number of carbonyl (C=O) groups excluding carboxylic acids is 1. The van der Waals surface area contributed by atoms with Crippen LogP contribution in [0, 0.1) is 0 Å². The fraction of sp³-hybridized carbons (Fsp3) is 0.714. The van der Waals surface area contributed by atoms with Crippen LogP contribution in [0.5, 0.6) is 0 Å². The molecule has 22 heavy (non-hydrogen) atoms. The van der Waals surface area contributed by atoms with Gasteiger partial charge in [-0.05, 0) is 43.1 Å². The summed E-state index contributed by atoms with van der Waals surface area (Å²) in [6.07, 6.45) is 2.53. The van der Waals surface area contributed by atoms with Crippen LogP contribution in [-0.2, 0) is 11.3 Å². The van der Waals surface area contributed by atoms with Crippen molar-refractivity contribution in [3.05, 3.63) is 15.0 Å². The van der Waals surface area contributed by atoms with E-state index in [-0.39, 0.29) is 6.09 Å². The first-order chi connectivity index (χ1) is 10.2. The SMILES string of the molecule is CN(C(=O)OC(C)(C)C)N1CCCN(Cc2ncc(Br)s2)C1. The van der Waals surface area contributed by atoms with E-state index in [2.05, 4.69) is 25.8 Å². The van der Waals surface area contributed by atoms with E-state index < -0.39 is 5.60 Å². The van der Waals surface area contributed by atoms with E-state index >= 15 is 0 Å². The quantitative estimate of drug-likeness (QED) is 0.792. The summed E-state index contributed by atoms with van der Waals surface area (Å²) in [5, 5.41) is 4.67. The first-order valence-corrected chi connectivity index (χ1v) is 8.90. The van der Waals surface area contributed by atoms with E-state index in [1.54, 1.807) is 23.4 Å². The number of amides is 1. The average Bonchev–Trinajstić information content (AvgIpc) is 2.81. The summed E-state index contributed by atoms with van der Waals surface area (Å²) < 4.78 is 6.46. The Morgan fingerprint density at radius 3 is 2.82 bits per heavy atom. The van der Waals surface area contributed by atoms with Crippen molar-refractivity contribution in [1.82, 2.24) is 19.9 Å². The number of aromatic nitrogens is 1. The van der Waals surface area contributed by atoms with Crippen LogP contribution in [-0.4, -0.2) is 58.4 Å². The standard InChI is InChI=1S/C14H23BrN4O2S/c1-14(2,3)21-13(20)17(4)19-7-5-6-18(10-19)9-12-16-8-11(15)22-12/h8H,5-7,9-10H2,1-4H3. The minimum Gasteiger partial charge on any atom is -0.443 e. The molecule has 1 aliphatic heterocycles. The smallest absolute Gasteiger partial charge is 0.424 e. The second-order valence-electron chi connectivity index (χ2n) is 6.34. The highest BCUT2D eigenvalue weighted by Gasteiger charge is 2.27. The molecule has 0 aliphatic carbocycles. The van der Waals surface area contributed by atoms with Crippen molar-refractivity contribution < 1.29 is 9.53 Å². The predicted molar refractivity (Wildman–Crippen MR) is 90.4 cm³/mol. The Labute approximate surface area is 144 Å². The first-order valence-electron chi connectivity index (χ1n) is 7.29. The van der Waals surface area contributed by atoms with E-state index in [0.29, 0.717) is 6.67 Å². The van der Waals surface area contributed by atoms with Crippen LogP contribution < -0.4 is 0 Å². The molecule has 1 aliphatic rings. The van der Waals surface area contributed by atoms with Crippen molar-refractivity contribution in [3.8, 4) is 0 Å². The van der Waals surface area contributed by atoms with Gasteiger partial charge in [0.05, 0.1) is 23.2 Å². The van der Waals surface area contributed by atoms with Crippen molar-refractivity contribution >= 4 is 33.4 Å². The van der Waals surface area contributed by atoms with Gasteiger partial charge in [-0.3, -0.25) is 4.90 Å². The van der Waals surface area contributed by atoms with Gasteiger partial charge in [-0.2, -0.15) is 0 Å². The van der Waals surface area contributed by atoms with Crippen LogP contribution in [0.15, 0.2) is 9.98 Å². The Morgan fingerprint density at radius 1 is 1.50 bits per heavy atom. The fourth-order valence-electron chi connectivity index (χ4n) is 2.22. The van der Waals surface area contributed by atoms with E-state index in [1.807, 2.05) is 32.0 Å². The first kappa shape index (κ1) is 17.7. The second-order valence-corrected chi connectivity index (χ2v) is 8.83. The van der Waals surface area contributed by atoms with Crippen LogP contribution in [0.2, 0.25) is 0 Å². The molecule has 2 rings (SSSR count). The molecule has 1 aromatic heterocycles. The minimum atomic E-state index is -0.478. The van der Waals surface area contributed by atoms with Gasteiger partial charge in [0, 0.05) is 20.1 Å². The highest BCUT2D eigenvalue weighted by molar-refractivity contribution is 9.11. The largest absolute Gasteiger partial charge is 0.443 e. The van der Waals surface area contributed by atoms with Crippen molar-refractivity contribution in [2.45, 2.75) is 39.3 Å². The van der Waals surface area contributed by atoms with E-state index in [4.69, 9.17) is 4.74 Å². The van der Waals surface area contributed by atoms with E-state index in [9.17, 15) is 4.79 Å². The number of thiazole rings is 1.